The number of rotatable bonds is 21. The van der Waals surface area contributed by atoms with Crippen LogP contribution in [0.1, 0.15) is 32.1 Å². The van der Waals surface area contributed by atoms with Crippen molar-refractivity contribution in [1.29, 1.82) is 0 Å². The largest absolute Gasteiger partial charge is 0.419 e. The molecule has 1 aromatic heterocycles. The molecule has 0 saturated carbocycles. The molecule has 2 aromatic rings. The molecule has 3 atom stereocenters. The average Bonchev–Trinajstić information content (AvgIpc) is 3.56. The van der Waals surface area contributed by atoms with Gasteiger partial charge in [0.15, 0.2) is 0 Å². The molecule has 0 spiro atoms. The summed E-state index contributed by atoms with van der Waals surface area (Å²) in [6.45, 7) is 3.39. The van der Waals surface area contributed by atoms with Crippen LogP contribution in [0.2, 0.25) is 0 Å². The maximum absolute atomic E-state index is 12.1. The van der Waals surface area contributed by atoms with Crippen LogP contribution in [0.15, 0.2) is 32.2 Å². The van der Waals surface area contributed by atoms with Gasteiger partial charge in [-0.2, -0.15) is 11.8 Å². The highest BCUT2D eigenvalue weighted by molar-refractivity contribution is 8.00. The van der Waals surface area contributed by atoms with Gasteiger partial charge in [0.25, 0.3) is 0 Å². The zero-order chi connectivity index (χ0) is 31.9. The SMILES string of the molecule is O=C(CCCCC1SCC2NC(=O)NC21)NCCOCCOCCOCCOCCC(=O)Nc1ccc2[nH]c(=O)oc(=O)c2c1. The number of thioether (sulfide) groups is 1. The van der Waals surface area contributed by atoms with E-state index in [0.717, 1.165) is 25.0 Å². The van der Waals surface area contributed by atoms with Crippen LogP contribution in [-0.4, -0.2) is 105 Å². The number of fused-ring (bicyclic) bond motifs is 2. The van der Waals surface area contributed by atoms with E-state index < -0.39 is 11.4 Å². The monoisotopic (exact) mass is 651 g/mol. The van der Waals surface area contributed by atoms with Gasteiger partial charge in [-0.1, -0.05) is 6.42 Å². The van der Waals surface area contributed by atoms with Crippen LogP contribution < -0.4 is 32.6 Å². The number of urea groups is 1. The number of anilines is 1. The molecular weight excluding hydrogens is 610 g/mol. The molecular formula is C29H41N5O10S. The number of amides is 4. The van der Waals surface area contributed by atoms with E-state index in [1.165, 1.54) is 12.1 Å². The third kappa shape index (κ3) is 11.8. The molecule has 16 heteroatoms. The number of aromatic nitrogens is 1. The van der Waals surface area contributed by atoms with Gasteiger partial charge in [0.1, 0.15) is 0 Å². The van der Waals surface area contributed by atoms with Crippen molar-refractivity contribution in [2.75, 3.05) is 70.5 Å². The van der Waals surface area contributed by atoms with E-state index in [2.05, 4.69) is 30.7 Å². The van der Waals surface area contributed by atoms with Gasteiger partial charge in [-0.15, -0.1) is 0 Å². The Morgan fingerprint density at radius 1 is 0.867 bits per heavy atom. The predicted octanol–water partition coefficient (Wildman–Crippen LogP) is 0.718. The van der Waals surface area contributed by atoms with Crippen molar-refractivity contribution in [3.05, 3.63) is 39.2 Å². The van der Waals surface area contributed by atoms with Crippen molar-refractivity contribution in [3.8, 4) is 0 Å². The Balaban J connectivity index is 0.880. The van der Waals surface area contributed by atoms with E-state index in [1.54, 1.807) is 6.07 Å². The molecule has 5 N–H and O–H groups in total. The second kappa shape index (κ2) is 18.5. The van der Waals surface area contributed by atoms with Crippen molar-refractivity contribution < 1.29 is 37.7 Å². The summed E-state index contributed by atoms with van der Waals surface area (Å²) in [5, 5.41) is 12.0. The lowest BCUT2D eigenvalue weighted by molar-refractivity contribution is -0.121. The first-order valence-corrected chi connectivity index (χ1v) is 16.2. The van der Waals surface area contributed by atoms with Gasteiger partial charge in [0, 0.05) is 29.7 Å². The fraction of sp³-hybridized carbons (Fsp3) is 0.621. The maximum Gasteiger partial charge on any atom is 0.419 e. The van der Waals surface area contributed by atoms with Crippen molar-refractivity contribution >= 4 is 46.2 Å². The highest BCUT2D eigenvalue weighted by atomic mass is 32.2. The molecule has 4 rings (SSSR count). The van der Waals surface area contributed by atoms with E-state index in [4.69, 9.17) is 18.9 Å². The second-order valence-electron chi connectivity index (χ2n) is 10.5. The Morgan fingerprint density at radius 2 is 1.58 bits per heavy atom. The third-order valence-electron chi connectivity index (χ3n) is 7.18. The Morgan fingerprint density at radius 3 is 2.33 bits per heavy atom. The smallest absolute Gasteiger partial charge is 0.379 e. The molecule has 2 aliphatic rings. The van der Waals surface area contributed by atoms with Gasteiger partial charge in [-0.25, -0.2) is 14.4 Å². The van der Waals surface area contributed by atoms with E-state index >= 15 is 0 Å². The lowest BCUT2D eigenvalue weighted by atomic mass is 10.0. The van der Waals surface area contributed by atoms with Gasteiger partial charge in [-0.3, -0.25) is 14.6 Å². The summed E-state index contributed by atoms with van der Waals surface area (Å²) in [4.78, 5) is 61.0. The van der Waals surface area contributed by atoms with Gasteiger partial charge in [0.05, 0.1) is 82.3 Å². The lowest BCUT2D eigenvalue weighted by Gasteiger charge is -2.16. The molecule has 45 heavy (non-hydrogen) atoms. The quantitative estimate of drug-likeness (QED) is 0.0941. The van der Waals surface area contributed by atoms with E-state index in [1.807, 2.05) is 11.8 Å². The second-order valence-corrected chi connectivity index (χ2v) is 11.8. The van der Waals surface area contributed by atoms with Crippen LogP contribution in [0.25, 0.3) is 10.9 Å². The molecule has 1 aromatic carbocycles. The fourth-order valence-corrected chi connectivity index (χ4v) is 6.49. The van der Waals surface area contributed by atoms with Gasteiger partial charge < -0.3 is 44.6 Å². The molecule has 3 heterocycles. The normalized spacial score (nSPS) is 18.8. The number of unbranched alkanes of at least 4 members (excludes halogenated alkanes) is 1. The summed E-state index contributed by atoms with van der Waals surface area (Å²) < 4.78 is 26.3. The maximum atomic E-state index is 12.1. The van der Waals surface area contributed by atoms with Crippen LogP contribution in [0.5, 0.6) is 0 Å². The average molecular weight is 652 g/mol. The minimum atomic E-state index is -0.838. The van der Waals surface area contributed by atoms with Gasteiger partial charge in [0.2, 0.25) is 11.8 Å². The standard InChI is InChI=1S/C29H41N5O10S/c35-24(4-2-1-3-23-26-22(18-45-23)32-28(38)34-26)30-8-10-41-12-14-43-16-15-42-13-11-40-9-7-25(36)31-19-5-6-21-20(17-19)27(37)44-29(39)33-21/h5-6,17,22-23,26H,1-4,7-16,18H2,(H,30,35)(H,31,36)(H,33,39)(H2,32,34,38). The number of carbonyl (C=O) groups is 3. The summed E-state index contributed by atoms with van der Waals surface area (Å²) in [5.74, 6) is -0.160. The molecule has 15 nitrogen and oxygen atoms in total. The number of carbonyl (C=O) groups excluding carboxylic acids is 3. The number of hydrogen-bond donors (Lipinski definition) is 5. The Hall–Kier alpha value is -3.44. The van der Waals surface area contributed by atoms with Gasteiger partial charge in [-0.05, 0) is 31.0 Å². The molecule has 248 valence electrons. The third-order valence-corrected chi connectivity index (χ3v) is 8.69. The Labute approximate surface area is 263 Å². The van der Waals surface area contributed by atoms with E-state index in [-0.39, 0.29) is 48.3 Å². The zero-order valence-electron chi connectivity index (χ0n) is 25.1. The highest BCUT2D eigenvalue weighted by Crippen LogP contribution is 2.33. The number of ether oxygens (including phenoxy) is 4. The first-order chi connectivity index (χ1) is 21.9. The highest BCUT2D eigenvalue weighted by Gasteiger charge is 2.42. The summed E-state index contributed by atoms with van der Waals surface area (Å²) >= 11 is 1.89. The molecule has 3 unspecified atom stereocenters. The van der Waals surface area contributed by atoms with Crippen LogP contribution in [-0.2, 0) is 28.5 Å². The molecule has 2 aliphatic heterocycles. The minimum absolute atomic E-state index is 0.0187. The summed E-state index contributed by atoms with van der Waals surface area (Å²) in [6, 6.07) is 4.90. The lowest BCUT2D eigenvalue weighted by Crippen LogP contribution is -2.36. The predicted molar refractivity (Wildman–Crippen MR) is 167 cm³/mol. The van der Waals surface area contributed by atoms with Crippen molar-refractivity contribution in [2.45, 2.75) is 49.4 Å². The molecule has 0 aliphatic carbocycles. The molecule has 4 amide bonds. The van der Waals surface area contributed by atoms with Crippen molar-refractivity contribution in [1.82, 2.24) is 20.9 Å². The van der Waals surface area contributed by atoms with Crippen LogP contribution in [0.4, 0.5) is 10.5 Å². The van der Waals surface area contributed by atoms with E-state index in [9.17, 15) is 24.0 Å². The Bertz CT molecular complexity index is 1390. The zero-order valence-corrected chi connectivity index (χ0v) is 25.9. The summed E-state index contributed by atoms with van der Waals surface area (Å²) in [7, 11) is 0. The van der Waals surface area contributed by atoms with Crippen LogP contribution in [0.3, 0.4) is 0 Å². The van der Waals surface area contributed by atoms with Crippen molar-refractivity contribution in [3.63, 3.8) is 0 Å². The van der Waals surface area contributed by atoms with Crippen LogP contribution >= 0.6 is 11.8 Å². The number of benzene rings is 1. The number of aromatic amines is 1. The molecule has 2 saturated heterocycles. The molecule has 2 fully saturated rings. The first-order valence-electron chi connectivity index (χ1n) is 15.1. The van der Waals surface area contributed by atoms with Gasteiger partial charge >= 0.3 is 17.4 Å². The minimum Gasteiger partial charge on any atom is -0.379 e. The van der Waals surface area contributed by atoms with Crippen LogP contribution in [0, 0.1) is 0 Å². The number of hydrogen-bond acceptors (Lipinski definition) is 11. The topological polar surface area (TPSA) is 199 Å². The first kappa shape index (κ1) is 34.4. The number of nitrogens with one attached hydrogen (secondary N) is 5. The molecule has 0 bridgehead atoms. The van der Waals surface area contributed by atoms with Crippen molar-refractivity contribution in [2.24, 2.45) is 0 Å². The Kier molecular flexibility index (Phi) is 14.2. The fourth-order valence-electron chi connectivity index (χ4n) is 4.95. The number of H-pyrrole nitrogens is 1. The van der Waals surface area contributed by atoms with E-state index in [0.29, 0.717) is 75.7 Å². The summed E-state index contributed by atoms with van der Waals surface area (Å²) in [6.07, 6.45) is 3.38. The summed E-state index contributed by atoms with van der Waals surface area (Å²) in [5.41, 5.74) is -0.0476. The molecule has 0 radical (unpaired) electrons.